The van der Waals surface area contributed by atoms with Crippen LogP contribution in [-0.2, 0) is 20.9 Å². The van der Waals surface area contributed by atoms with Gasteiger partial charge in [-0.1, -0.05) is 6.07 Å². The van der Waals surface area contributed by atoms with Gasteiger partial charge in [-0.25, -0.2) is 0 Å². The molecule has 0 aliphatic carbocycles. The fourth-order valence-electron chi connectivity index (χ4n) is 2.45. The van der Waals surface area contributed by atoms with Crippen LogP contribution in [0.2, 0.25) is 0 Å². The largest absolute Gasteiger partial charge is 0.466 e. The third-order valence-electron chi connectivity index (χ3n) is 3.42. The molecule has 0 bridgehead atoms. The summed E-state index contributed by atoms with van der Waals surface area (Å²) >= 11 is 0. The Hall–Kier alpha value is -1.95. The van der Waals surface area contributed by atoms with Crippen molar-refractivity contribution in [3.05, 3.63) is 29.6 Å². The van der Waals surface area contributed by atoms with Gasteiger partial charge < -0.3 is 10.1 Å². The van der Waals surface area contributed by atoms with Crippen LogP contribution in [-0.4, -0.2) is 47.5 Å². The summed E-state index contributed by atoms with van der Waals surface area (Å²) < 4.78 is 4.95. The van der Waals surface area contributed by atoms with E-state index in [0.29, 0.717) is 26.2 Å². The summed E-state index contributed by atoms with van der Waals surface area (Å²) in [6.07, 6.45) is 0.0749. The molecular weight excluding hydrogens is 270 g/mol. The maximum Gasteiger partial charge on any atom is 0.307 e. The molecule has 1 fully saturated rings. The van der Waals surface area contributed by atoms with Gasteiger partial charge in [0.15, 0.2) is 0 Å². The van der Waals surface area contributed by atoms with Gasteiger partial charge in [-0.05, 0) is 26.0 Å². The first kappa shape index (κ1) is 15.4. The van der Waals surface area contributed by atoms with E-state index >= 15 is 0 Å². The van der Waals surface area contributed by atoms with Crippen LogP contribution in [0.15, 0.2) is 18.2 Å². The Balaban J connectivity index is 2.07. The van der Waals surface area contributed by atoms with E-state index in [1.54, 1.807) is 6.92 Å². The highest BCUT2D eigenvalue weighted by molar-refractivity contribution is 5.87. The summed E-state index contributed by atoms with van der Waals surface area (Å²) in [6, 6.07) is 5.32. The van der Waals surface area contributed by atoms with Gasteiger partial charge in [-0.3, -0.25) is 19.5 Å². The van der Waals surface area contributed by atoms with Crippen LogP contribution in [0.3, 0.4) is 0 Å². The summed E-state index contributed by atoms with van der Waals surface area (Å²) in [5.41, 5.74) is 1.84. The number of carbonyl (C=O) groups excluding carboxylic acids is 2. The quantitative estimate of drug-likeness (QED) is 0.806. The zero-order valence-electron chi connectivity index (χ0n) is 12.5. The second-order valence-electron chi connectivity index (χ2n) is 5.06. The Bertz CT molecular complexity index is 519. The van der Waals surface area contributed by atoms with Crippen molar-refractivity contribution in [3.63, 3.8) is 0 Å². The molecule has 0 radical (unpaired) electrons. The van der Waals surface area contributed by atoms with Gasteiger partial charge in [0.2, 0.25) is 5.91 Å². The number of rotatable bonds is 5. The van der Waals surface area contributed by atoms with Crippen LogP contribution in [0.25, 0.3) is 0 Å². The van der Waals surface area contributed by atoms with E-state index in [2.05, 4.69) is 10.3 Å². The summed E-state index contributed by atoms with van der Waals surface area (Å²) in [6.45, 7) is 5.86. The van der Waals surface area contributed by atoms with Crippen molar-refractivity contribution < 1.29 is 14.3 Å². The lowest BCUT2D eigenvalue weighted by molar-refractivity contribution is -0.148. The molecule has 1 aliphatic rings. The Morgan fingerprint density at radius 1 is 1.52 bits per heavy atom. The van der Waals surface area contributed by atoms with Crippen molar-refractivity contribution in [2.24, 2.45) is 0 Å². The smallest absolute Gasteiger partial charge is 0.307 e. The fourth-order valence-corrected chi connectivity index (χ4v) is 2.45. The molecule has 114 valence electrons. The average Bonchev–Trinajstić information content (AvgIpc) is 2.43. The second kappa shape index (κ2) is 7.17. The van der Waals surface area contributed by atoms with Crippen molar-refractivity contribution >= 4 is 11.9 Å². The average molecular weight is 291 g/mol. The molecule has 6 heteroatoms. The van der Waals surface area contributed by atoms with Crippen LogP contribution in [0.1, 0.15) is 24.7 Å². The maximum atomic E-state index is 12.0. The summed E-state index contributed by atoms with van der Waals surface area (Å²) in [5, 5.41) is 2.80. The van der Waals surface area contributed by atoms with Crippen molar-refractivity contribution in [3.8, 4) is 0 Å². The Morgan fingerprint density at radius 2 is 2.33 bits per heavy atom. The van der Waals surface area contributed by atoms with E-state index in [-0.39, 0.29) is 18.3 Å². The number of hydrogen-bond acceptors (Lipinski definition) is 5. The van der Waals surface area contributed by atoms with Crippen LogP contribution in [0.5, 0.6) is 0 Å². The molecule has 2 heterocycles. The predicted molar refractivity (Wildman–Crippen MR) is 77.4 cm³/mol. The topological polar surface area (TPSA) is 71.5 Å². The van der Waals surface area contributed by atoms with Gasteiger partial charge in [0.1, 0.15) is 6.04 Å². The van der Waals surface area contributed by atoms with Crippen LogP contribution >= 0.6 is 0 Å². The molecule has 1 atom stereocenters. The summed E-state index contributed by atoms with van der Waals surface area (Å²) in [7, 11) is 0. The number of aromatic nitrogens is 1. The molecule has 21 heavy (non-hydrogen) atoms. The van der Waals surface area contributed by atoms with Gasteiger partial charge in [0.25, 0.3) is 0 Å². The highest BCUT2D eigenvalue weighted by atomic mass is 16.5. The highest BCUT2D eigenvalue weighted by Gasteiger charge is 2.32. The Labute approximate surface area is 124 Å². The minimum absolute atomic E-state index is 0.0749. The van der Waals surface area contributed by atoms with Gasteiger partial charge in [0.05, 0.1) is 18.7 Å². The van der Waals surface area contributed by atoms with E-state index in [1.165, 1.54) is 0 Å². The molecule has 6 nitrogen and oxygen atoms in total. The number of piperazine rings is 1. The molecule has 0 saturated carbocycles. The molecule has 1 aromatic heterocycles. The van der Waals surface area contributed by atoms with Crippen molar-refractivity contribution in [2.45, 2.75) is 32.9 Å². The fraction of sp³-hybridized carbons (Fsp3) is 0.533. The van der Waals surface area contributed by atoms with Gasteiger partial charge in [-0.2, -0.15) is 0 Å². The van der Waals surface area contributed by atoms with Crippen LogP contribution in [0.4, 0.5) is 0 Å². The molecule has 0 aromatic carbocycles. The van der Waals surface area contributed by atoms with Gasteiger partial charge in [-0.15, -0.1) is 0 Å². The molecular formula is C15H21N3O3. The second-order valence-corrected chi connectivity index (χ2v) is 5.06. The van der Waals surface area contributed by atoms with Crippen molar-refractivity contribution in [1.82, 2.24) is 15.2 Å². The third-order valence-corrected chi connectivity index (χ3v) is 3.42. The number of esters is 1. The molecule has 0 spiro atoms. The van der Waals surface area contributed by atoms with Gasteiger partial charge in [0, 0.05) is 25.3 Å². The predicted octanol–water partition coefficient (Wildman–Crippen LogP) is 0.644. The Kier molecular flexibility index (Phi) is 5.27. The van der Waals surface area contributed by atoms with E-state index < -0.39 is 6.04 Å². The number of pyridine rings is 1. The molecule has 1 aliphatic heterocycles. The normalized spacial score (nSPS) is 19.1. The molecule has 2 rings (SSSR count). The van der Waals surface area contributed by atoms with Crippen LogP contribution in [0, 0.1) is 6.92 Å². The summed E-state index contributed by atoms with van der Waals surface area (Å²) in [5.74, 6) is -0.469. The van der Waals surface area contributed by atoms with E-state index in [1.807, 2.05) is 30.0 Å². The first-order chi connectivity index (χ1) is 10.1. The zero-order chi connectivity index (χ0) is 15.2. The third kappa shape index (κ3) is 4.26. The molecule has 1 aromatic rings. The zero-order valence-corrected chi connectivity index (χ0v) is 12.5. The molecule has 0 unspecified atom stereocenters. The summed E-state index contributed by atoms with van der Waals surface area (Å²) in [4.78, 5) is 30.1. The van der Waals surface area contributed by atoms with E-state index in [4.69, 9.17) is 4.74 Å². The number of nitrogens with one attached hydrogen (secondary N) is 1. The maximum absolute atomic E-state index is 12.0. The lowest BCUT2D eigenvalue weighted by Crippen LogP contribution is -2.55. The van der Waals surface area contributed by atoms with Crippen LogP contribution < -0.4 is 5.32 Å². The van der Waals surface area contributed by atoms with E-state index in [0.717, 1.165) is 11.4 Å². The lowest BCUT2D eigenvalue weighted by Gasteiger charge is -2.34. The lowest BCUT2D eigenvalue weighted by atomic mass is 10.1. The van der Waals surface area contributed by atoms with Gasteiger partial charge >= 0.3 is 5.97 Å². The SMILES string of the molecule is CCOC(=O)C[C@H]1C(=O)NCCN1Cc1cccc(C)n1. The van der Waals surface area contributed by atoms with Crippen molar-refractivity contribution in [1.29, 1.82) is 0 Å². The first-order valence-electron chi connectivity index (χ1n) is 7.20. The highest BCUT2D eigenvalue weighted by Crippen LogP contribution is 2.13. The van der Waals surface area contributed by atoms with Crippen molar-refractivity contribution in [2.75, 3.05) is 19.7 Å². The standard InChI is InChI=1S/C15H21N3O3/c1-3-21-14(19)9-13-15(20)16-7-8-18(13)10-12-6-4-5-11(2)17-12/h4-6,13H,3,7-10H2,1-2H3,(H,16,20)/t13-/m0/s1. The molecule has 1 N–H and O–H groups in total. The minimum atomic E-state index is -0.486. The molecule has 1 saturated heterocycles. The Morgan fingerprint density at radius 3 is 3.05 bits per heavy atom. The number of nitrogens with zero attached hydrogens (tertiary/aromatic N) is 2. The first-order valence-corrected chi connectivity index (χ1v) is 7.20. The number of hydrogen-bond donors (Lipinski definition) is 1. The number of ether oxygens (including phenoxy) is 1. The minimum Gasteiger partial charge on any atom is -0.466 e. The molecule has 1 amide bonds. The monoisotopic (exact) mass is 291 g/mol. The van der Waals surface area contributed by atoms with E-state index in [9.17, 15) is 9.59 Å². The number of aryl methyl sites for hydroxylation is 1. The number of amides is 1. The number of carbonyl (C=O) groups is 2.